The molecule has 2 aromatic carbocycles. The second kappa shape index (κ2) is 7.81. The number of nitrogens with one attached hydrogen (secondary N) is 1. The molecule has 0 fully saturated rings. The third kappa shape index (κ3) is 4.58. The van der Waals surface area contributed by atoms with Crippen molar-refractivity contribution in [3.8, 4) is 17.2 Å². The van der Waals surface area contributed by atoms with Crippen LogP contribution < -0.4 is 10.1 Å². The van der Waals surface area contributed by atoms with Crippen LogP contribution in [0.4, 0.5) is 5.69 Å². The average molecular weight is 358 g/mol. The third-order valence-electron chi connectivity index (χ3n) is 3.34. The van der Waals surface area contributed by atoms with E-state index in [0.29, 0.717) is 34.6 Å². The number of hydrogen-bond acceptors (Lipinski definition) is 5. The molecule has 3 rings (SSSR count). The van der Waals surface area contributed by atoms with Crippen LogP contribution in [0.1, 0.15) is 12.7 Å². The lowest BCUT2D eigenvalue weighted by Crippen LogP contribution is -2.20. The van der Waals surface area contributed by atoms with E-state index >= 15 is 0 Å². The van der Waals surface area contributed by atoms with Crippen molar-refractivity contribution >= 4 is 23.2 Å². The van der Waals surface area contributed by atoms with Crippen molar-refractivity contribution in [2.75, 3.05) is 11.9 Å². The van der Waals surface area contributed by atoms with Crippen LogP contribution in [0.25, 0.3) is 11.5 Å². The van der Waals surface area contributed by atoms with E-state index in [4.69, 9.17) is 20.9 Å². The summed E-state index contributed by atoms with van der Waals surface area (Å²) in [5.41, 5.74) is 1.35. The molecular weight excluding hydrogens is 342 g/mol. The normalized spacial score (nSPS) is 10.5. The summed E-state index contributed by atoms with van der Waals surface area (Å²) in [6.07, 6.45) is 0.698. The molecular formula is C18H16ClN3O3. The highest BCUT2D eigenvalue weighted by atomic mass is 35.5. The van der Waals surface area contributed by atoms with Gasteiger partial charge in [0.25, 0.3) is 11.8 Å². The number of amides is 1. The predicted molar refractivity (Wildman–Crippen MR) is 94.7 cm³/mol. The predicted octanol–water partition coefficient (Wildman–Crippen LogP) is 3.97. The summed E-state index contributed by atoms with van der Waals surface area (Å²) in [7, 11) is 0. The van der Waals surface area contributed by atoms with Crippen LogP contribution in [0, 0.1) is 0 Å². The molecule has 0 spiro atoms. The lowest BCUT2D eigenvalue weighted by Gasteiger charge is -2.08. The minimum absolute atomic E-state index is 0.125. The monoisotopic (exact) mass is 357 g/mol. The van der Waals surface area contributed by atoms with Gasteiger partial charge in [0.2, 0.25) is 0 Å². The maximum Gasteiger partial charge on any atom is 0.262 e. The Balaban J connectivity index is 1.61. The van der Waals surface area contributed by atoms with Gasteiger partial charge >= 0.3 is 0 Å². The fraction of sp³-hybridized carbons (Fsp3) is 0.167. The highest BCUT2D eigenvalue weighted by molar-refractivity contribution is 6.30. The smallest absolute Gasteiger partial charge is 0.262 e. The fourth-order valence-corrected chi connectivity index (χ4v) is 2.34. The largest absolute Gasteiger partial charge is 0.484 e. The number of ether oxygens (including phenoxy) is 1. The number of carbonyl (C=O) groups excluding carboxylic acids is 1. The first kappa shape index (κ1) is 17.0. The van der Waals surface area contributed by atoms with E-state index in [9.17, 15) is 4.79 Å². The van der Waals surface area contributed by atoms with Crippen molar-refractivity contribution in [1.29, 1.82) is 0 Å². The summed E-state index contributed by atoms with van der Waals surface area (Å²) in [6.45, 7) is 1.83. The number of carbonyl (C=O) groups is 1. The number of rotatable bonds is 6. The molecule has 6 nitrogen and oxygen atoms in total. The van der Waals surface area contributed by atoms with Gasteiger partial charge in [-0.25, -0.2) is 0 Å². The zero-order chi connectivity index (χ0) is 17.6. The van der Waals surface area contributed by atoms with Gasteiger partial charge in [0.1, 0.15) is 5.75 Å². The van der Waals surface area contributed by atoms with Gasteiger partial charge in [0, 0.05) is 22.7 Å². The number of nitrogens with zero attached hydrogens (tertiary/aromatic N) is 2. The molecule has 0 atom stereocenters. The molecule has 7 heteroatoms. The SMILES string of the molecule is CCc1noc(-c2cccc(OCC(=O)Nc3cccc(Cl)c3)c2)n1. The number of hydrogen-bond donors (Lipinski definition) is 1. The molecule has 0 radical (unpaired) electrons. The minimum atomic E-state index is -0.279. The first-order chi connectivity index (χ1) is 12.1. The minimum Gasteiger partial charge on any atom is -0.484 e. The van der Waals surface area contributed by atoms with Crippen LogP contribution in [-0.2, 0) is 11.2 Å². The second-order valence-electron chi connectivity index (χ2n) is 5.24. The number of aromatic nitrogens is 2. The fourth-order valence-electron chi connectivity index (χ4n) is 2.15. The molecule has 0 aliphatic rings. The summed E-state index contributed by atoms with van der Waals surface area (Å²) in [4.78, 5) is 16.2. The van der Waals surface area contributed by atoms with Crippen molar-refractivity contribution in [1.82, 2.24) is 10.1 Å². The zero-order valence-corrected chi connectivity index (χ0v) is 14.3. The van der Waals surface area contributed by atoms with Crippen LogP contribution in [0.2, 0.25) is 5.02 Å². The standard InChI is InChI=1S/C18H16ClN3O3/c1-2-16-21-18(25-22-16)12-5-3-8-15(9-12)24-11-17(23)20-14-7-4-6-13(19)10-14/h3-10H,2,11H2,1H3,(H,20,23). The third-order valence-corrected chi connectivity index (χ3v) is 3.58. The first-order valence-corrected chi connectivity index (χ1v) is 8.13. The summed E-state index contributed by atoms with van der Waals surface area (Å²) >= 11 is 5.89. The van der Waals surface area contributed by atoms with Crippen LogP contribution in [0.5, 0.6) is 5.75 Å². The summed E-state index contributed by atoms with van der Waals surface area (Å²) < 4.78 is 10.7. The maximum atomic E-state index is 12.0. The summed E-state index contributed by atoms with van der Waals surface area (Å²) in [5.74, 6) is 1.32. The Morgan fingerprint density at radius 1 is 1.24 bits per heavy atom. The number of anilines is 1. The Bertz CT molecular complexity index is 879. The molecule has 1 heterocycles. The molecule has 0 aliphatic carbocycles. The Morgan fingerprint density at radius 3 is 2.84 bits per heavy atom. The second-order valence-corrected chi connectivity index (χ2v) is 5.68. The van der Waals surface area contributed by atoms with Gasteiger partial charge in [-0.3, -0.25) is 4.79 Å². The molecule has 3 aromatic rings. The van der Waals surface area contributed by atoms with E-state index in [1.54, 1.807) is 42.5 Å². The number of aryl methyl sites for hydroxylation is 1. The topological polar surface area (TPSA) is 77.2 Å². The number of benzene rings is 2. The van der Waals surface area contributed by atoms with Crippen molar-refractivity contribution < 1.29 is 14.1 Å². The van der Waals surface area contributed by atoms with Crippen molar-refractivity contribution in [3.63, 3.8) is 0 Å². The molecule has 128 valence electrons. The molecule has 0 aliphatic heterocycles. The molecule has 1 amide bonds. The van der Waals surface area contributed by atoms with Crippen molar-refractivity contribution in [3.05, 3.63) is 59.4 Å². The molecule has 1 aromatic heterocycles. The summed E-state index contributed by atoms with van der Waals surface area (Å²) in [5, 5.41) is 7.14. The van der Waals surface area contributed by atoms with Crippen LogP contribution in [0.15, 0.2) is 53.1 Å². The molecule has 0 saturated carbocycles. The van der Waals surface area contributed by atoms with Gasteiger partial charge in [-0.05, 0) is 36.4 Å². The van der Waals surface area contributed by atoms with Crippen LogP contribution in [0.3, 0.4) is 0 Å². The Hall–Kier alpha value is -2.86. The first-order valence-electron chi connectivity index (χ1n) is 7.75. The van der Waals surface area contributed by atoms with E-state index in [-0.39, 0.29) is 12.5 Å². The van der Waals surface area contributed by atoms with Crippen molar-refractivity contribution in [2.45, 2.75) is 13.3 Å². The Labute approximate surface area is 149 Å². The van der Waals surface area contributed by atoms with E-state index in [2.05, 4.69) is 15.5 Å². The lowest BCUT2D eigenvalue weighted by molar-refractivity contribution is -0.118. The van der Waals surface area contributed by atoms with Crippen molar-refractivity contribution in [2.24, 2.45) is 0 Å². The molecule has 0 bridgehead atoms. The van der Waals surface area contributed by atoms with Gasteiger partial charge in [-0.2, -0.15) is 4.98 Å². The summed E-state index contributed by atoms with van der Waals surface area (Å²) in [6, 6.07) is 14.1. The zero-order valence-electron chi connectivity index (χ0n) is 13.5. The Morgan fingerprint density at radius 2 is 2.08 bits per heavy atom. The van der Waals surface area contributed by atoms with Crippen LogP contribution >= 0.6 is 11.6 Å². The highest BCUT2D eigenvalue weighted by Gasteiger charge is 2.09. The van der Waals surface area contributed by atoms with E-state index in [0.717, 1.165) is 5.56 Å². The Kier molecular flexibility index (Phi) is 5.30. The molecule has 0 unspecified atom stereocenters. The maximum absolute atomic E-state index is 12.0. The lowest BCUT2D eigenvalue weighted by atomic mass is 10.2. The molecule has 1 N–H and O–H groups in total. The molecule has 25 heavy (non-hydrogen) atoms. The van der Waals surface area contributed by atoms with Gasteiger partial charge in [0.15, 0.2) is 12.4 Å². The van der Waals surface area contributed by atoms with Crippen LogP contribution in [-0.4, -0.2) is 22.7 Å². The van der Waals surface area contributed by atoms with Gasteiger partial charge in [-0.15, -0.1) is 0 Å². The van der Waals surface area contributed by atoms with E-state index in [1.165, 1.54) is 0 Å². The average Bonchev–Trinajstić information content (AvgIpc) is 3.09. The van der Waals surface area contributed by atoms with E-state index in [1.807, 2.05) is 13.0 Å². The van der Waals surface area contributed by atoms with Gasteiger partial charge in [0.05, 0.1) is 0 Å². The highest BCUT2D eigenvalue weighted by Crippen LogP contribution is 2.22. The van der Waals surface area contributed by atoms with E-state index < -0.39 is 0 Å². The van der Waals surface area contributed by atoms with Gasteiger partial charge in [-0.1, -0.05) is 35.8 Å². The van der Waals surface area contributed by atoms with Gasteiger partial charge < -0.3 is 14.6 Å². The molecule has 0 saturated heterocycles. The number of halogens is 1. The quantitative estimate of drug-likeness (QED) is 0.722.